The maximum absolute atomic E-state index is 12.4. The molecule has 1 atom stereocenters. The van der Waals surface area contributed by atoms with E-state index in [4.69, 9.17) is 4.74 Å². The number of hydrogen-bond donors (Lipinski definition) is 1. The van der Waals surface area contributed by atoms with Gasteiger partial charge in [-0.15, -0.1) is 0 Å². The van der Waals surface area contributed by atoms with Gasteiger partial charge in [-0.05, 0) is 38.1 Å². The van der Waals surface area contributed by atoms with E-state index in [0.29, 0.717) is 6.54 Å². The molecule has 1 aromatic rings. The lowest BCUT2D eigenvalue weighted by Gasteiger charge is -2.33. The molecule has 1 aromatic carbocycles. The van der Waals surface area contributed by atoms with Crippen molar-refractivity contribution in [1.29, 1.82) is 0 Å². The first-order valence-corrected chi connectivity index (χ1v) is 7.34. The van der Waals surface area contributed by atoms with Crippen LogP contribution in [0.4, 0.5) is 0 Å². The van der Waals surface area contributed by atoms with E-state index in [1.54, 1.807) is 24.1 Å². The molecule has 1 aliphatic rings. The van der Waals surface area contributed by atoms with Crippen LogP contribution in [0.25, 0.3) is 0 Å². The van der Waals surface area contributed by atoms with Gasteiger partial charge in [0.1, 0.15) is 5.75 Å². The van der Waals surface area contributed by atoms with Crippen LogP contribution in [0.5, 0.6) is 5.75 Å². The van der Waals surface area contributed by atoms with E-state index in [1.807, 2.05) is 39.8 Å². The molecule has 1 N–H and O–H groups in total. The van der Waals surface area contributed by atoms with Crippen LogP contribution in [0.15, 0.2) is 24.3 Å². The van der Waals surface area contributed by atoms with Crippen LogP contribution >= 0.6 is 0 Å². The Kier molecular flexibility index (Phi) is 4.21. The molecule has 0 spiro atoms. The van der Waals surface area contributed by atoms with Crippen molar-refractivity contribution in [2.75, 3.05) is 13.7 Å². The van der Waals surface area contributed by atoms with Crippen molar-refractivity contribution in [3.8, 4) is 17.6 Å². The summed E-state index contributed by atoms with van der Waals surface area (Å²) in [5.41, 5.74) is -0.193. The van der Waals surface area contributed by atoms with Gasteiger partial charge in [0.2, 0.25) is 0 Å². The molecule has 0 aromatic heterocycles. The molecule has 118 valence electrons. The van der Waals surface area contributed by atoms with Crippen LogP contribution < -0.4 is 4.74 Å². The van der Waals surface area contributed by atoms with Crippen molar-refractivity contribution in [2.45, 2.75) is 39.3 Å². The molecule has 0 saturated carbocycles. The van der Waals surface area contributed by atoms with Crippen molar-refractivity contribution in [3.63, 3.8) is 0 Å². The Morgan fingerprint density at radius 1 is 1.27 bits per heavy atom. The van der Waals surface area contributed by atoms with E-state index in [9.17, 15) is 9.90 Å². The largest absolute Gasteiger partial charge is 0.497 e. The number of aliphatic hydroxyl groups excluding tert-OH is 1. The second-order valence-corrected chi connectivity index (χ2v) is 6.91. The summed E-state index contributed by atoms with van der Waals surface area (Å²) in [6, 6.07) is 7.24. The predicted molar refractivity (Wildman–Crippen MR) is 85.5 cm³/mol. The van der Waals surface area contributed by atoms with E-state index in [1.165, 1.54) is 0 Å². The molecule has 4 nitrogen and oxygen atoms in total. The van der Waals surface area contributed by atoms with Gasteiger partial charge in [0.05, 0.1) is 18.8 Å². The average Bonchev–Trinajstić information content (AvgIpc) is 2.65. The van der Waals surface area contributed by atoms with Crippen LogP contribution in [0.2, 0.25) is 0 Å². The minimum Gasteiger partial charge on any atom is -0.497 e. The summed E-state index contributed by atoms with van der Waals surface area (Å²) >= 11 is 0. The maximum Gasteiger partial charge on any atom is 0.299 e. The molecular weight excluding hydrogens is 278 g/mol. The molecule has 1 fully saturated rings. The molecule has 4 heteroatoms. The van der Waals surface area contributed by atoms with Crippen LogP contribution in [0, 0.1) is 17.3 Å². The highest BCUT2D eigenvalue weighted by atomic mass is 16.5. The smallest absolute Gasteiger partial charge is 0.299 e. The first-order valence-electron chi connectivity index (χ1n) is 7.34. The van der Waals surface area contributed by atoms with Crippen molar-refractivity contribution in [3.05, 3.63) is 29.8 Å². The van der Waals surface area contributed by atoms with Crippen molar-refractivity contribution >= 4 is 5.91 Å². The lowest BCUT2D eigenvalue weighted by atomic mass is 9.82. The maximum atomic E-state index is 12.4. The van der Waals surface area contributed by atoms with Crippen LogP contribution in [-0.2, 0) is 4.79 Å². The molecular formula is C18H23NO3. The highest BCUT2D eigenvalue weighted by Crippen LogP contribution is 2.41. The fraction of sp³-hybridized carbons (Fsp3) is 0.500. The van der Waals surface area contributed by atoms with E-state index in [2.05, 4.69) is 11.8 Å². The van der Waals surface area contributed by atoms with Gasteiger partial charge >= 0.3 is 0 Å². The monoisotopic (exact) mass is 301 g/mol. The lowest BCUT2D eigenvalue weighted by Crippen LogP contribution is -2.48. The standard InChI is InChI=1S/C18H23NO3/c1-17(2)12-19(18(3,4)16(17)21)15(20)11-8-13-6-9-14(22-5)10-7-13/h6-7,9-10,16,21H,12H2,1-5H3. The Morgan fingerprint density at radius 3 is 2.32 bits per heavy atom. The van der Waals surface area contributed by atoms with Gasteiger partial charge in [0.25, 0.3) is 5.91 Å². The summed E-state index contributed by atoms with van der Waals surface area (Å²) in [6.45, 7) is 8.17. The van der Waals surface area contributed by atoms with E-state index in [0.717, 1.165) is 11.3 Å². The van der Waals surface area contributed by atoms with Crippen LogP contribution in [0.3, 0.4) is 0 Å². The fourth-order valence-corrected chi connectivity index (χ4v) is 3.00. The average molecular weight is 301 g/mol. The molecule has 1 saturated heterocycles. The van der Waals surface area contributed by atoms with Gasteiger partial charge < -0.3 is 14.7 Å². The Balaban J connectivity index is 2.18. The molecule has 1 heterocycles. The minimum absolute atomic E-state index is 0.259. The first-order chi connectivity index (χ1) is 10.2. The van der Waals surface area contributed by atoms with E-state index >= 15 is 0 Å². The van der Waals surface area contributed by atoms with Gasteiger partial charge in [-0.1, -0.05) is 19.8 Å². The highest BCUT2D eigenvalue weighted by Gasteiger charge is 2.52. The Morgan fingerprint density at radius 2 is 1.86 bits per heavy atom. The second-order valence-electron chi connectivity index (χ2n) is 6.91. The number of carbonyl (C=O) groups is 1. The minimum atomic E-state index is -0.616. The fourth-order valence-electron chi connectivity index (χ4n) is 3.00. The van der Waals surface area contributed by atoms with E-state index in [-0.39, 0.29) is 11.3 Å². The number of rotatable bonds is 1. The van der Waals surface area contributed by atoms with E-state index < -0.39 is 11.6 Å². The van der Waals surface area contributed by atoms with Crippen LogP contribution in [0.1, 0.15) is 33.3 Å². The van der Waals surface area contributed by atoms with Gasteiger partial charge in [-0.2, -0.15) is 0 Å². The predicted octanol–water partition coefficient (Wildman–Crippen LogP) is 2.05. The van der Waals surface area contributed by atoms with Gasteiger partial charge in [0, 0.05) is 23.4 Å². The molecule has 22 heavy (non-hydrogen) atoms. The molecule has 0 radical (unpaired) electrons. The SMILES string of the molecule is COc1ccc(C#CC(=O)N2CC(C)(C)C(O)C2(C)C)cc1. The zero-order valence-corrected chi connectivity index (χ0v) is 13.8. The Hall–Kier alpha value is -1.99. The number of nitrogens with zero attached hydrogens (tertiary/aromatic N) is 1. The third-order valence-corrected chi connectivity index (χ3v) is 4.32. The number of hydrogen-bond acceptors (Lipinski definition) is 3. The number of methoxy groups -OCH3 is 1. The summed E-state index contributed by atoms with van der Waals surface area (Å²) in [4.78, 5) is 14.1. The third kappa shape index (κ3) is 2.95. The van der Waals surface area contributed by atoms with Crippen LogP contribution in [-0.4, -0.2) is 41.2 Å². The molecule has 1 aliphatic heterocycles. The number of carbonyl (C=O) groups excluding carboxylic acids is 1. The summed E-state index contributed by atoms with van der Waals surface area (Å²) in [5.74, 6) is 6.04. The Labute approximate surface area is 132 Å². The van der Waals surface area contributed by atoms with Gasteiger partial charge in [-0.25, -0.2) is 0 Å². The summed E-state index contributed by atoms with van der Waals surface area (Å²) in [6.07, 6.45) is -0.577. The topological polar surface area (TPSA) is 49.8 Å². The quantitative estimate of drug-likeness (QED) is 0.808. The first kappa shape index (κ1) is 16.4. The lowest BCUT2D eigenvalue weighted by molar-refractivity contribution is -0.129. The Bertz CT molecular complexity index is 620. The van der Waals surface area contributed by atoms with Crippen molar-refractivity contribution in [2.24, 2.45) is 5.41 Å². The second kappa shape index (κ2) is 5.66. The highest BCUT2D eigenvalue weighted by molar-refractivity contribution is 5.95. The third-order valence-electron chi connectivity index (χ3n) is 4.32. The number of amides is 1. The summed E-state index contributed by atoms with van der Waals surface area (Å²) < 4.78 is 5.09. The molecule has 0 bridgehead atoms. The molecule has 2 rings (SSSR count). The zero-order chi connectivity index (χ0) is 16.5. The van der Waals surface area contributed by atoms with Gasteiger partial charge in [0.15, 0.2) is 0 Å². The molecule has 0 aliphatic carbocycles. The molecule has 1 unspecified atom stereocenters. The number of aliphatic hydroxyl groups is 1. The zero-order valence-electron chi connectivity index (χ0n) is 13.8. The number of likely N-dealkylation sites (tertiary alicyclic amines) is 1. The summed E-state index contributed by atoms with van der Waals surface area (Å²) in [5, 5.41) is 10.4. The van der Waals surface area contributed by atoms with Crippen molar-refractivity contribution in [1.82, 2.24) is 4.90 Å². The molecule has 1 amide bonds. The summed E-state index contributed by atoms with van der Waals surface area (Å²) in [7, 11) is 1.60. The number of benzene rings is 1. The van der Waals surface area contributed by atoms with Crippen molar-refractivity contribution < 1.29 is 14.6 Å². The normalized spacial score (nSPS) is 21.9. The number of ether oxygens (including phenoxy) is 1. The van der Waals surface area contributed by atoms with Gasteiger partial charge in [-0.3, -0.25) is 4.79 Å².